The summed E-state index contributed by atoms with van der Waals surface area (Å²) in [7, 11) is 0. The zero-order valence-electron chi connectivity index (χ0n) is 13.1. The number of halogens is 10. The van der Waals surface area contributed by atoms with Crippen molar-refractivity contribution in [1.82, 2.24) is 0 Å². The molecule has 0 aromatic carbocycles. The number of carbonyl (C=O) groups excluding carboxylic acids is 2. The molecule has 0 spiro atoms. The van der Waals surface area contributed by atoms with Crippen molar-refractivity contribution in [2.75, 3.05) is 0 Å². The van der Waals surface area contributed by atoms with Crippen molar-refractivity contribution >= 4 is 29.8 Å². The van der Waals surface area contributed by atoms with Crippen LogP contribution in [0.4, 0.5) is 39.5 Å². The fourth-order valence-electron chi connectivity index (χ4n) is 0.670. The van der Waals surface area contributed by atoms with Gasteiger partial charge in [-0.3, -0.25) is 9.59 Å². The van der Waals surface area contributed by atoms with Crippen molar-refractivity contribution in [2.24, 2.45) is 0 Å². The van der Waals surface area contributed by atoms with Crippen LogP contribution in [0.25, 0.3) is 0 Å². The molecule has 0 bridgehead atoms. The second-order valence-electron chi connectivity index (χ2n) is 4.01. The molecule has 1 atom stereocenters. The summed E-state index contributed by atoms with van der Waals surface area (Å²) in [6, 6.07) is 0. The Bertz CT molecular complexity index is 434. The van der Waals surface area contributed by atoms with Gasteiger partial charge < -0.3 is 20.1 Å². The zero-order chi connectivity index (χ0) is 21.8. The molecule has 0 rings (SSSR count). The number of aliphatic carboxylic acids is 1. The van der Waals surface area contributed by atoms with E-state index in [-0.39, 0.29) is 11.8 Å². The van der Waals surface area contributed by atoms with Crippen LogP contribution in [0.15, 0.2) is 0 Å². The lowest BCUT2D eigenvalue weighted by atomic mass is 10.4. The molecule has 0 heterocycles. The summed E-state index contributed by atoms with van der Waals surface area (Å²) >= 11 is 5.00. The fraction of sp³-hybridized carbons (Fsp3) is 0.727. The highest BCUT2D eigenvalue weighted by molar-refractivity contribution is 6.20. The van der Waals surface area contributed by atoms with Crippen LogP contribution in [0.3, 0.4) is 0 Å². The van der Waals surface area contributed by atoms with Gasteiger partial charge in [0.15, 0.2) is 5.56 Å². The van der Waals surface area contributed by atoms with Crippen LogP contribution in [0.2, 0.25) is 0 Å². The molecule has 0 aromatic heterocycles. The number of aldehydes is 1. The third-order valence-corrected chi connectivity index (χ3v) is 1.60. The molecule has 0 amide bonds. The van der Waals surface area contributed by atoms with Crippen molar-refractivity contribution in [1.29, 1.82) is 0 Å². The number of hydrogen-bond acceptors (Lipinski definition) is 4. The average Bonchev–Trinajstić information content (AvgIpc) is 2.19. The number of ether oxygens (including phenoxy) is 1. The lowest BCUT2D eigenvalue weighted by molar-refractivity contribution is -0.166. The maximum atomic E-state index is 11.5. The first kappa shape index (κ1) is 32.9. The predicted molar refractivity (Wildman–Crippen MR) is 70.7 cm³/mol. The topological polar surface area (TPSA) is 112 Å². The maximum absolute atomic E-state index is 11.5. The number of carbonyl (C=O) groups is 3. The van der Waals surface area contributed by atoms with Crippen molar-refractivity contribution < 1.29 is 69.2 Å². The van der Waals surface area contributed by atoms with Gasteiger partial charge in [-0.15, -0.1) is 0 Å². The summed E-state index contributed by atoms with van der Waals surface area (Å²) in [5.74, 6) is -2.67. The first-order valence-electron chi connectivity index (χ1n) is 5.96. The van der Waals surface area contributed by atoms with Gasteiger partial charge in [-0.25, -0.2) is 0 Å². The molecular formula is C11H14ClF9O6. The van der Waals surface area contributed by atoms with E-state index in [9.17, 15) is 49.1 Å². The summed E-state index contributed by atoms with van der Waals surface area (Å²) in [4.78, 5) is 28.5. The van der Waals surface area contributed by atoms with Gasteiger partial charge in [-0.1, -0.05) is 11.6 Å². The molecule has 1 unspecified atom stereocenters. The minimum Gasteiger partial charge on any atom is -0.481 e. The van der Waals surface area contributed by atoms with Gasteiger partial charge in [0.2, 0.25) is 0 Å². The van der Waals surface area contributed by atoms with Crippen LogP contribution in [0, 0.1) is 0 Å². The monoisotopic (exact) mass is 448 g/mol. The second kappa shape index (κ2) is 14.3. The Balaban J connectivity index is -0.000000149. The van der Waals surface area contributed by atoms with Crippen LogP contribution >= 0.6 is 11.6 Å². The molecule has 0 fully saturated rings. The molecule has 0 radical (unpaired) electrons. The van der Waals surface area contributed by atoms with Crippen molar-refractivity contribution in [3.05, 3.63) is 0 Å². The molecular weight excluding hydrogens is 435 g/mol. The molecule has 6 nitrogen and oxygen atoms in total. The largest absolute Gasteiger partial charge is 0.481 e. The SMILES string of the molecule is CC(=O)OC(Cl)CC(F)(F)F.O.O=C(O)CC(F)(F)F.O=CCC(F)(F)F. The third-order valence-electron chi connectivity index (χ3n) is 1.35. The summed E-state index contributed by atoms with van der Waals surface area (Å²) in [5.41, 5.74) is -1.62. The number of hydrogen-bond donors (Lipinski definition) is 1. The van der Waals surface area contributed by atoms with Crippen molar-refractivity contribution in [3.63, 3.8) is 0 Å². The maximum Gasteiger partial charge on any atom is 0.399 e. The Morgan fingerprint density at radius 2 is 1.41 bits per heavy atom. The number of alkyl halides is 10. The van der Waals surface area contributed by atoms with Crippen molar-refractivity contribution in [3.8, 4) is 0 Å². The highest BCUT2D eigenvalue weighted by Gasteiger charge is 2.32. The van der Waals surface area contributed by atoms with E-state index in [0.717, 1.165) is 6.92 Å². The zero-order valence-corrected chi connectivity index (χ0v) is 13.9. The number of rotatable bonds is 4. The van der Waals surface area contributed by atoms with Crippen molar-refractivity contribution in [2.45, 2.75) is 50.3 Å². The van der Waals surface area contributed by atoms with Gasteiger partial charge in [0, 0.05) is 6.92 Å². The van der Waals surface area contributed by atoms with E-state index in [4.69, 9.17) is 21.5 Å². The van der Waals surface area contributed by atoms with Gasteiger partial charge in [0.1, 0.15) is 12.7 Å². The smallest absolute Gasteiger partial charge is 0.399 e. The van der Waals surface area contributed by atoms with Crippen LogP contribution in [-0.2, 0) is 19.1 Å². The van der Waals surface area contributed by atoms with E-state index in [1.807, 2.05) is 0 Å². The molecule has 164 valence electrons. The Morgan fingerprint density at radius 3 is 1.52 bits per heavy atom. The number of carboxylic acids is 1. The number of carboxylic acid groups (broad SMARTS) is 1. The molecule has 16 heteroatoms. The predicted octanol–water partition coefficient (Wildman–Crippen LogP) is 3.40. The molecule has 0 saturated heterocycles. The van der Waals surface area contributed by atoms with Crippen LogP contribution < -0.4 is 0 Å². The Hall–Kier alpha value is -1.77. The van der Waals surface area contributed by atoms with E-state index < -0.39 is 55.3 Å². The second-order valence-corrected chi connectivity index (χ2v) is 4.50. The van der Waals surface area contributed by atoms with Crippen LogP contribution in [0.5, 0.6) is 0 Å². The van der Waals surface area contributed by atoms with Gasteiger partial charge >= 0.3 is 30.5 Å². The van der Waals surface area contributed by atoms with E-state index in [1.54, 1.807) is 0 Å². The Kier molecular flexibility index (Phi) is 17.4. The average molecular weight is 449 g/mol. The molecule has 0 aromatic rings. The van der Waals surface area contributed by atoms with Crippen LogP contribution in [-0.4, -0.2) is 52.9 Å². The highest BCUT2D eigenvalue weighted by Crippen LogP contribution is 2.24. The van der Waals surface area contributed by atoms with Gasteiger partial charge in [0.25, 0.3) is 0 Å². The fourth-order valence-corrected chi connectivity index (χ4v) is 0.970. The van der Waals surface area contributed by atoms with E-state index in [0.29, 0.717) is 0 Å². The molecule has 3 N–H and O–H groups in total. The normalized spacial score (nSPS) is 12.1. The minimum atomic E-state index is -4.58. The standard InChI is InChI=1S/C5H6ClF3O2.C3H3F3O2.C3H3F3O.H2O/c1-3(10)11-4(6)2-5(7,8)9;4-3(5,6)1-2(7)8;4-3(5,6)1-2-7;/h4H,2H2,1H3;1H2,(H,7,8);2H,1H2;1H2. The molecule has 27 heavy (non-hydrogen) atoms. The lowest BCUT2D eigenvalue weighted by Crippen LogP contribution is -2.19. The summed E-state index contributed by atoms with van der Waals surface area (Å²) in [5, 5.41) is 7.53. The number of esters is 1. The first-order chi connectivity index (χ1) is 11.3. The highest BCUT2D eigenvalue weighted by atomic mass is 35.5. The molecule has 0 aliphatic carbocycles. The molecule has 0 aliphatic rings. The van der Waals surface area contributed by atoms with E-state index in [2.05, 4.69) is 4.74 Å². The van der Waals surface area contributed by atoms with Gasteiger partial charge in [0.05, 0.1) is 12.8 Å². The molecule has 0 aliphatic heterocycles. The van der Waals surface area contributed by atoms with E-state index >= 15 is 0 Å². The van der Waals surface area contributed by atoms with Gasteiger partial charge in [-0.2, -0.15) is 39.5 Å². The van der Waals surface area contributed by atoms with Crippen LogP contribution in [0.1, 0.15) is 26.2 Å². The molecule has 0 saturated carbocycles. The summed E-state index contributed by atoms with van der Waals surface area (Å²) in [6.07, 6.45) is -17.9. The minimum absolute atomic E-state index is 0. The van der Waals surface area contributed by atoms with Gasteiger partial charge in [-0.05, 0) is 0 Å². The first-order valence-corrected chi connectivity index (χ1v) is 6.39. The Morgan fingerprint density at radius 1 is 1.00 bits per heavy atom. The lowest BCUT2D eigenvalue weighted by Gasteiger charge is -2.11. The van der Waals surface area contributed by atoms with E-state index in [1.165, 1.54) is 0 Å². The quantitative estimate of drug-likeness (QED) is 0.306. The summed E-state index contributed by atoms with van der Waals surface area (Å²) in [6.45, 7) is 0.992. The third kappa shape index (κ3) is 45.5. The summed E-state index contributed by atoms with van der Waals surface area (Å²) < 4.78 is 104. The Labute approximate surface area is 150 Å².